The Balaban J connectivity index is 2.18. The van der Waals surface area contributed by atoms with Crippen molar-refractivity contribution >= 4 is 25.4 Å². The maximum Gasteiger partial charge on any atom is 0.318 e. The van der Waals surface area contributed by atoms with Gasteiger partial charge in [-0.25, -0.2) is 0 Å². The lowest BCUT2D eigenvalue weighted by atomic mass is 10.0. The lowest BCUT2D eigenvalue weighted by Gasteiger charge is -2.37. The normalized spacial score (nSPS) is 18.0. The molecule has 2 N–H and O–H groups in total. The van der Waals surface area contributed by atoms with E-state index in [4.69, 9.17) is 9.63 Å². The highest BCUT2D eigenvalue weighted by Crippen LogP contribution is 2.57. The van der Waals surface area contributed by atoms with E-state index >= 15 is 0 Å². The third-order valence-electron chi connectivity index (χ3n) is 3.89. The number of fused-ring (bicyclic) bond motifs is 3. The SMILES string of the molecule is CC(CC(=O)O)(C(=O)O)P1Oc2ccccc2-c2ccccc21. The van der Waals surface area contributed by atoms with E-state index in [2.05, 4.69) is 0 Å². The fraction of sp³-hybridized carbons (Fsp3) is 0.176. The van der Waals surface area contributed by atoms with Gasteiger partial charge in [0.05, 0.1) is 6.42 Å². The van der Waals surface area contributed by atoms with Crippen molar-refractivity contribution in [2.75, 3.05) is 0 Å². The van der Waals surface area contributed by atoms with Gasteiger partial charge in [-0.3, -0.25) is 9.59 Å². The third-order valence-corrected chi connectivity index (χ3v) is 6.35. The zero-order valence-corrected chi connectivity index (χ0v) is 13.3. The van der Waals surface area contributed by atoms with Crippen LogP contribution in [0.4, 0.5) is 0 Å². The number of benzene rings is 2. The lowest BCUT2D eigenvalue weighted by molar-refractivity contribution is -0.146. The molecule has 0 spiro atoms. The van der Waals surface area contributed by atoms with Crippen molar-refractivity contribution in [3.63, 3.8) is 0 Å². The summed E-state index contributed by atoms with van der Waals surface area (Å²) in [5.74, 6) is -1.73. The van der Waals surface area contributed by atoms with E-state index < -0.39 is 31.7 Å². The standard InChI is InChI=1S/C17H15O5P/c1-17(16(20)21,10-15(18)19)23-14-9-5-3-7-12(14)11-6-2-4-8-13(11)22-23/h2-9H,10H2,1H3,(H,18,19)(H,20,21). The monoisotopic (exact) mass is 330 g/mol. The fourth-order valence-electron chi connectivity index (χ4n) is 2.69. The zero-order valence-electron chi connectivity index (χ0n) is 12.4. The van der Waals surface area contributed by atoms with E-state index in [0.717, 1.165) is 16.4 Å². The Morgan fingerprint density at radius 3 is 2.30 bits per heavy atom. The molecule has 0 amide bonds. The smallest absolute Gasteiger partial charge is 0.318 e. The Kier molecular flexibility index (Phi) is 3.82. The van der Waals surface area contributed by atoms with Crippen LogP contribution >= 0.6 is 8.15 Å². The van der Waals surface area contributed by atoms with Gasteiger partial charge in [-0.2, -0.15) is 0 Å². The molecule has 2 atom stereocenters. The molecule has 23 heavy (non-hydrogen) atoms. The molecule has 0 saturated heterocycles. The molecule has 2 aromatic rings. The van der Waals surface area contributed by atoms with Crippen molar-refractivity contribution in [2.24, 2.45) is 0 Å². The molecule has 5 nitrogen and oxygen atoms in total. The molecule has 0 aromatic heterocycles. The second-order valence-corrected chi connectivity index (χ2v) is 7.79. The van der Waals surface area contributed by atoms with Crippen LogP contribution in [0.2, 0.25) is 0 Å². The number of aliphatic carboxylic acids is 2. The molecule has 0 radical (unpaired) electrons. The molecule has 1 heterocycles. The summed E-state index contributed by atoms with van der Waals surface area (Å²) in [6.07, 6.45) is -0.495. The van der Waals surface area contributed by atoms with E-state index in [1.54, 1.807) is 6.07 Å². The topological polar surface area (TPSA) is 83.8 Å². The summed E-state index contributed by atoms with van der Waals surface area (Å²) in [5.41, 5.74) is 1.79. The minimum absolute atomic E-state index is 0.495. The highest BCUT2D eigenvalue weighted by atomic mass is 31.1. The number of hydrogen-bond acceptors (Lipinski definition) is 3. The Morgan fingerprint density at radius 1 is 1.04 bits per heavy atom. The van der Waals surface area contributed by atoms with Crippen molar-refractivity contribution < 1.29 is 24.3 Å². The highest BCUT2D eigenvalue weighted by Gasteiger charge is 2.49. The van der Waals surface area contributed by atoms with E-state index in [1.807, 2.05) is 42.5 Å². The van der Waals surface area contributed by atoms with E-state index in [-0.39, 0.29) is 0 Å². The molecule has 0 fully saturated rings. The zero-order chi connectivity index (χ0) is 16.6. The molecular formula is C17H15O5P. The molecule has 118 valence electrons. The summed E-state index contributed by atoms with van der Waals surface area (Å²) in [4.78, 5) is 23.1. The Bertz CT molecular complexity index is 788. The van der Waals surface area contributed by atoms with Crippen LogP contribution in [0.25, 0.3) is 11.1 Å². The van der Waals surface area contributed by atoms with Gasteiger partial charge in [-0.05, 0) is 18.6 Å². The summed E-state index contributed by atoms with van der Waals surface area (Å²) < 4.78 is 6.01. The number of carboxylic acid groups (broad SMARTS) is 2. The predicted octanol–water partition coefficient (Wildman–Crippen LogP) is 3.09. The van der Waals surface area contributed by atoms with Crippen LogP contribution in [0, 0.1) is 0 Å². The maximum absolute atomic E-state index is 11.9. The molecule has 0 bridgehead atoms. The molecule has 3 rings (SSSR count). The quantitative estimate of drug-likeness (QED) is 0.842. The molecule has 0 saturated carbocycles. The summed E-state index contributed by atoms with van der Waals surface area (Å²) in [6, 6.07) is 14.8. The van der Waals surface area contributed by atoms with Crippen molar-refractivity contribution in [3.8, 4) is 16.9 Å². The molecule has 1 aliphatic rings. The minimum Gasteiger partial charge on any atom is -0.481 e. The van der Waals surface area contributed by atoms with Gasteiger partial charge in [0.2, 0.25) is 0 Å². The Morgan fingerprint density at radius 2 is 1.65 bits per heavy atom. The minimum atomic E-state index is -1.67. The first-order valence-electron chi connectivity index (χ1n) is 7.05. The first-order valence-corrected chi connectivity index (χ1v) is 8.31. The maximum atomic E-state index is 11.9. The number of rotatable bonds is 4. The van der Waals surface area contributed by atoms with Crippen molar-refractivity contribution in [2.45, 2.75) is 18.5 Å². The van der Waals surface area contributed by atoms with E-state index in [0.29, 0.717) is 5.75 Å². The summed E-state index contributed by atoms with van der Waals surface area (Å²) in [5, 5.41) is 18.1. The van der Waals surface area contributed by atoms with Gasteiger partial charge in [-0.1, -0.05) is 42.5 Å². The van der Waals surface area contributed by atoms with Crippen LogP contribution < -0.4 is 9.83 Å². The predicted molar refractivity (Wildman–Crippen MR) is 87.4 cm³/mol. The fourth-order valence-corrected chi connectivity index (χ4v) is 4.97. The van der Waals surface area contributed by atoms with Crippen molar-refractivity contribution in [1.82, 2.24) is 0 Å². The van der Waals surface area contributed by atoms with Gasteiger partial charge in [-0.15, -0.1) is 0 Å². The van der Waals surface area contributed by atoms with Crippen molar-refractivity contribution in [1.29, 1.82) is 0 Å². The first-order chi connectivity index (χ1) is 10.9. The van der Waals surface area contributed by atoms with Gasteiger partial charge in [0.15, 0.2) is 0 Å². The lowest BCUT2D eigenvalue weighted by Crippen LogP contribution is -2.41. The van der Waals surface area contributed by atoms with Crippen LogP contribution in [0.1, 0.15) is 13.3 Å². The van der Waals surface area contributed by atoms with E-state index in [1.165, 1.54) is 6.92 Å². The molecular weight excluding hydrogens is 315 g/mol. The highest BCUT2D eigenvalue weighted by molar-refractivity contribution is 7.64. The Hall–Kier alpha value is -2.39. The van der Waals surface area contributed by atoms with Crippen molar-refractivity contribution in [3.05, 3.63) is 48.5 Å². The average Bonchev–Trinajstić information content (AvgIpc) is 2.53. The van der Waals surface area contributed by atoms with Gasteiger partial charge >= 0.3 is 11.9 Å². The van der Waals surface area contributed by atoms with Gasteiger partial charge in [0.1, 0.15) is 19.1 Å². The second-order valence-electron chi connectivity index (χ2n) is 5.55. The van der Waals surface area contributed by atoms with E-state index in [9.17, 15) is 14.7 Å². The van der Waals surface area contributed by atoms with Crippen LogP contribution in [0.3, 0.4) is 0 Å². The third kappa shape index (κ3) is 2.57. The molecule has 2 aromatic carbocycles. The van der Waals surface area contributed by atoms with Gasteiger partial charge < -0.3 is 14.7 Å². The first kappa shape index (κ1) is 15.5. The second kappa shape index (κ2) is 5.67. The van der Waals surface area contributed by atoms with Crippen LogP contribution in [-0.4, -0.2) is 27.3 Å². The van der Waals surface area contributed by atoms with Crippen LogP contribution in [-0.2, 0) is 9.59 Å². The largest absolute Gasteiger partial charge is 0.481 e. The number of carboxylic acids is 2. The molecule has 2 unspecified atom stereocenters. The summed E-state index contributed by atoms with van der Waals surface area (Å²) in [7, 11) is -1.67. The van der Waals surface area contributed by atoms with Crippen LogP contribution in [0.5, 0.6) is 5.75 Å². The molecule has 6 heteroatoms. The summed E-state index contributed by atoms with van der Waals surface area (Å²) in [6.45, 7) is 1.44. The molecule has 1 aliphatic heterocycles. The average molecular weight is 330 g/mol. The number of carbonyl (C=O) groups is 2. The number of hydrogen-bond donors (Lipinski definition) is 2. The Labute approximate surface area is 134 Å². The van der Waals surface area contributed by atoms with Crippen LogP contribution in [0.15, 0.2) is 48.5 Å². The number of para-hydroxylation sites is 1. The summed E-state index contributed by atoms with van der Waals surface area (Å²) >= 11 is 0. The molecule has 0 aliphatic carbocycles. The van der Waals surface area contributed by atoms with Gasteiger partial charge in [0, 0.05) is 10.9 Å². The van der Waals surface area contributed by atoms with Gasteiger partial charge in [0.25, 0.3) is 0 Å².